The molecule has 0 saturated carbocycles. The Hall–Kier alpha value is -2.04. The highest BCUT2D eigenvalue weighted by Crippen LogP contribution is 2.43. The van der Waals surface area contributed by atoms with Crippen LogP contribution in [0, 0.1) is 0 Å². The molecule has 1 atom stereocenters. The van der Waals surface area contributed by atoms with Crippen LogP contribution in [-0.4, -0.2) is 35.4 Å². The number of methoxy groups -OCH3 is 1. The quantitative estimate of drug-likeness (QED) is 0.510. The van der Waals surface area contributed by atoms with E-state index < -0.39 is 0 Å². The van der Waals surface area contributed by atoms with Gasteiger partial charge in [0.05, 0.1) is 22.8 Å². The monoisotopic (exact) mass is 350 g/mol. The smallest absolute Gasteiger partial charge is 0.119 e. The van der Waals surface area contributed by atoms with Crippen molar-refractivity contribution >= 4 is 38.0 Å². The molecule has 0 aliphatic carbocycles. The van der Waals surface area contributed by atoms with Gasteiger partial charge in [-0.05, 0) is 49.3 Å². The molecular weight excluding hydrogens is 328 g/mol. The molecule has 1 saturated heterocycles. The molecule has 1 unspecified atom stereocenters. The minimum Gasteiger partial charge on any atom is -0.497 e. The van der Waals surface area contributed by atoms with E-state index in [1.54, 1.807) is 7.11 Å². The highest BCUT2D eigenvalue weighted by Gasteiger charge is 2.29. The first-order valence-corrected chi connectivity index (χ1v) is 9.80. The Morgan fingerprint density at radius 2 is 2.04 bits per heavy atom. The highest BCUT2D eigenvalue weighted by molar-refractivity contribution is 7.14. The topological polar surface area (TPSA) is 16.9 Å². The first-order chi connectivity index (χ1) is 12.3. The van der Waals surface area contributed by atoms with E-state index in [2.05, 4.69) is 58.1 Å². The molecule has 3 heterocycles. The molecule has 1 aliphatic rings. The average molecular weight is 350 g/mol. The molecule has 0 radical (unpaired) electrons. The summed E-state index contributed by atoms with van der Waals surface area (Å²) in [4.78, 5) is 2.56. The molecule has 25 heavy (non-hydrogen) atoms. The van der Waals surface area contributed by atoms with Crippen LogP contribution in [-0.2, 0) is 0 Å². The molecular formula is C21H22N2OS. The van der Waals surface area contributed by atoms with Gasteiger partial charge in [0, 0.05) is 23.2 Å². The number of aromatic nitrogens is 1. The second-order valence-corrected chi connectivity index (χ2v) is 7.89. The summed E-state index contributed by atoms with van der Waals surface area (Å²) in [5.74, 6) is 1.54. The van der Waals surface area contributed by atoms with E-state index in [0.717, 1.165) is 18.8 Å². The molecule has 1 fully saturated rings. The van der Waals surface area contributed by atoms with Gasteiger partial charge in [0.25, 0.3) is 0 Å². The Bertz CT molecular complexity index is 1080. The largest absolute Gasteiger partial charge is 0.497 e. The third-order valence-corrected chi connectivity index (χ3v) is 6.75. The van der Waals surface area contributed by atoms with E-state index in [1.165, 1.54) is 45.0 Å². The van der Waals surface area contributed by atoms with Crippen molar-refractivity contribution in [2.45, 2.75) is 19.3 Å². The minimum atomic E-state index is 0.595. The third kappa shape index (κ3) is 2.21. The van der Waals surface area contributed by atoms with Gasteiger partial charge in [-0.2, -0.15) is 0 Å². The van der Waals surface area contributed by atoms with E-state index in [9.17, 15) is 0 Å². The van der Waals surface area contributed by atoms with Gasteiger partial charge in [-0.25, -0.2) is 0 Å². The molecule has 0 bridgehead atoms. The molecule has 0 spiro atoms. The number of fused-ring (bicyclic) bond motifs is 5. The molecule has 128 valence electrons. The lowest BCUT2D eigenvalue weighted by Gasteiger charge is -2.13. The zero-order valence-electron chi connectivity index (χ0n) is 14.7. The number of ether oxygens (including phenoxy) is 1. The fourth-order valence-corrected chi connectivity index (χ4v) is 5.50. The molecule has 4 heteroatoms. The van der Waals surface area contributed by atoms with Crippen LogP contribution in [0.2, 0.25) is 0 Å². The number of likely N-dealkylation sites (N-methyl/N-ethyl adjacent to an activating group) is 1. The average Bonchev–Trinajstić information content (AvgIpc) is 3.33. The maximum absolute atomic E-state index is 5.53. The Morgan fingerprint density at radius 1 is 1.16 bits per heavy atom. The van der Waals surface area contributed by atoms with Crippen molar-refractivity contribution in [3.8, 4) is 5.75 Å². The zero-order chi connectivity index (χ0) is 17.0. The van der Waals surface area contributed by atoms with Crippen LogP contribution < -0.4 is 4.74 Å². The predicted molar refractivity (Wildman–Crippen MR) is 106 cm³/mol. The summed E-state index contributed by atoms with van der Waals surface area (Å²) < 4.78 is 9.32. The number of likely N-dealkylation sites (tertiary alicyclic amines) is 1. The lowest BCUT2D eigenvalue weighted by molar-refractivity contribution is 0.354. The molecule has 2 aromatic heterocycles. The molecule has 1 aliphatic heterocycles. The van der Waals surface area contributed by atoms with Crippen molar-refractivity contribution in [2.24, 2.45) is 0 Å². The van der Waals surface area contributed by atoms with Gasteiger partial charge < -0.3 is 9.64 Å². The maximum atomic E-state index is 5.53. The number of hydrogen-bond acceptors (Lipinski definition) is 3. The van der Waals surface area contributed by atoms with Crippen molar-refractivity contribution < 1.29 is 4.74 Å². The highest BCUT2D eigenvalue weighted by atomic mass is 32.1. The summed E-state index contributed by atoms with van der Waals surface area (Å²) in [6, 6.07) is 15.3. The first-order valence-electron chi connectivity index (χ1n) is 9.02. The van der Waals surface area contributed by atoms with Crippen molar-refractivity contribution in [3.63, 3.8) is 0 Å². The van der Waals surface area contributed by atoms with E-state index >= 15 is 0 Å². The lowest BCUT2D eigenvalue weighted by atomic mass is 9.95. The fourth-order valence-electron chi connectivity index (χ4n) is 4.35. The van der Waals surface area contributed by atoms with Crippen molar-refractivity contribution in [3.05, 3.63) is 48.0 Å². The summed E-state index contributed by atoms with van der Waals surface area (Å²) >= 11 is 1.85. The summed E-state index contributed by atoms with van der Waals surface area (Å²) in [5.41, 5.74) is 4.23. The van der Waals surface area contributed by atoms with Crippen LogP contribution >= 0.6 is 11.5 Å². The van der Waals surface area contributed by atoms with Crippen LogP contribution in [0.3, 0.4) is 0 Å². The normalized spacial score (nSPS) is 18.7. The van der Waals surface area contributed by atoms with Gasteiger partial charge in [0.15, 0.2) is 0 Å². The summed E-state index contributed by atoms with van der Waals surface area (Å²) in [7, 11) is 1.75. The molecule has 0 amide bonds. The van der Waals surface area contributed by atoms with Crippen LogP contribution in [0.5, 0.6) is 5.75 Å². The Labute approximate surface area is 151 Å². The third-order valence-electron chi connectivity index (χ3n) is 5.63. The minimum absolute atomic E-state index is 0.595. The summed E-state index contributed by atoms with van der Waals surface area (Å²) in [6.07, 6.45) is 1.24. The van der Waals surface area contributed by atoms with Gasteiger partial charge in [0.2, 0.25) is 0 Å². The number of benzene rings is 2. The van der Waals surface area contributed by atoms with E-state index in [-0.39, 0.29) is 0 Å². The SMILES string of the molecule is CCN1CCC(c2c3cc(OC)ccc3n3sc4ccccc4c23)C1. The second-order valence-electron chi connectivity index (χ2n) is 6.91. The van der Waals surface area contributed by atoms with Gasteiger partial charge in [0.1, 0.15) is 5.75 Å². The van der Waals surface area contributed by atoms with Gasteiger partial charge in [-0.3, -0.25) is 3.79 Å². The van der Waals surface area contributed by atoms with Crippen molar-refractivity contribution in [1.29, 1.82) is 0 Å². The summed E-state index contributed by atoms with van der Waals surface area (Å²) in [5, 5.41) is 2.74. The van der Waals surface area contributed by atoms with Gasteiger partial charge in [-0.1, -0.05) is 36.7 Å². The molecule has 0 N–H and O–H groups in total. The van der Waals surface area contributed by atoms with E-state index in [4.69, 9.17) is 4.74 Å². The number of rotatable bonds is 3. The van der Waals surface area contributed by atoms with Crippen LogP contribution in [0.1, 0.15) is 24.8 Å². The second kappa shape index (κ2) is 5.75. The van der Waals surface area contributed by atoms with Crippen molar-refractivity contribution in [2.75, 3.05) is 26.7 Å². The Morgan fingerprint density at radius 3 is 2.84 bits per heavy atom. The molecule has 4 aromatic rings. The zero-order valence-corrected chi connectivity index (χ0v) is 15.5. The Balaban J connectivity index is 1.86. The van der Waals surface area contributed by atoms with Crippen LogP contribution in [0.4, 0.5) is 0 Å². The number of hydrogen-bond donors (Lipinski definition) is 0. The van der Waals surface area contributed by atoms with E-state index in [0.29, 0.717) is 5.92 Å². The molecule has 2 aromatic carbocycles. The predicted octanol–water partition coefficient (Wildman–Crippen LogP) is 5.13. The maximum Gasteiger partial charge on any atom is 0.119 e. The molecule has 3 nitrogen and oxygen atoms in total. The first kappa shape index (κ1) is 15.2. The van der Waals surface area contributed by atoms with Crippen molar-refractivity contribution in [1.82, 2.24) is 8.69 Å². The lowest BCUT2D eigenvalue weighted by Crippen LogP contribution is -2.19. The Kier molecular flexibility index (Phi) is 3.50. The van der Waals surface area contributed by atoms with Crippen LogP contribution in [0.25, 0.3) is 26.5 Å². The fraction of sp³-hybridized carbons (Fsp3) is 0.333. The van der Waals surface area contributed by atoms with Crippen LogP contribution in [0.15, 0.2) is 42.5 Å². The number of nitrogens with zero attached hydrogens (tertiary/aromatic N) is 2. The van der Waals surface area contributed by atoms with Gasteiger partial charge >= 0.3 is 0 Å². The summed E-state index contributed by atoms with van der Waals surface area (Å²) in [6.45, 7) is 5.76. The standard InChI is InChI=1S/C21H22N2OS/c1-3-22-11-10-14(13-22)20-17-12-15(24-2)8-9-18(17)23-21(20)16-6-4-5-7-19(16)25-23/h4-9,12,14H,3,10-11,13H2,1-2H3. The van der Waals surface area contributed by atoms with E-state index in [1.807, 2.05) is 11.5 Å². The van der Waals surface area contributed by atoms with Gasteiger partial charge in [-0.15, -0.1) is 0 Å². The molecule has 5 rings (SSSR count).